The highest BCUT2D eigenvalue weighted by Gasteiger charge is 2.23. The van der Waals surface area contributed by atoms with Crippen LogP contribution in [0, 0.1) is 12.3 Å². The zero-order valence-corrected chi connectivity index (χ0v) is 16.2. The fourth-order valence-electron chi connectivity index (χ4n) is 2.06. The van der Waals surface area contributed by atoms with Gasteiger partial charge < -0.3 is 15.4 Å². The van der Waals surface area contributed by atoms with Crippen LogP contribution in [0.25, 0.3) is 0 Å². The number of thiophene rings is 1. The molecule has 2 aromatic rings. The summed E-state index contributed by atoms with van der Waals surface area (Å²) in [5, 5.41) is 6.26. The Hall–Kier alpha value is -2.67. The van der Waals surface area contributed by atoms with Gasteiger partial charge in [-0.3, -0.25) is 9.59 Å². The van der Waals surface area contributed by atoms with Gasteiger partial charge in [0.2, 0.25) is 5.91 Å². The molecule has 2 N–H and O–H groups in total. The maximum absolute atomic E-state index is 12.5. The molecule has 1 aromatic heterocycles. The Morgan fingerprint density at radius 3 is 2.19 bits per heavy atom. The molecule has 0 fully saturated rings. The predicted octanol–water partition coefficient (Wildman–Crippen LogP) is 4.08. The van der Waals surface area contributed by atoms with E-state index in [2.05, 4.69) is 15.4 Å². The fraction of sp³-hybridized carbons (Fsp3) is 0.316. The third kappa shape index (κ3) is 4.70. The molecule has 0 bridgehead atoms. The molecule has 1 heterocycles. The molecule has 6 nitrogen and oxygen atoms in total. The Labute approximate surface area is 156 Å². The van der Waals surface area contributed by atoms with E-state index in [0.29, 0.717) is 21.1 Å². The average molecular weight is 374 g/mol. The maximum atomic E-state index is 12.5. The molecule has 0 saturated carbocycles. The van der Waals surface area contributed by atoms with Crippen LogP contribution in [-0.4, -0.2) is 24.9 Å². The number of anilines is 2. The minimum atomic E-state index is -0.512. The van der Waals surface area contributed by atoms with Crippen LogP contribution in [-0.2, 0) is 9.53 Å². The van der Waals surface area contributed by atoms with Gasteiger partial charge in [-0.2, -0.15) is 0 Å². The van der Waals surface area contributed by atoms with Crippen LogP contribution in [0.3, 0.4) is 0 Å². The first-order chi connectivity index (χ1) is 12.1. The van der Waals surface area contributed by atoms with Crippen molar-refractivity contribution >= 4 is 39.8 Å². The van der Waals surface area contributed by atoms with E-state index in [1.165, 1.54) is 18.4 Å². The van der Waals surface area contributed by atoms with E-state index in [-0.39, 0.29) is 11.8 Å². The van der Waals surface area contributed by atoms with Crippen molar-refractivity contribution in [3.8, 4) is 0 Å². The number of hydrogen-bond acceptors (Lipinski definition) is 5. The first-order valence-electron chi connectivity index (χ1n) is 8.03. The number of carbonyl (C=O) groups is 3. The number of amides is 2. The lowest BCUT2D eigenvalue weighted by atomic mass is 9.96. The van der Waals surface area contributed by atoms with Gasteiger partial charge in [-0.25, -0.2) is 4.79 Å². The van der Waals surface area contributed by atoms with Crippen molar-refractivity contribution in [3.05, 3.63) is 46.3 Å². The van der Waals surface area contributed by atoms with Crippen LogP contribution in [0.2, 0.25) is 0 Å². The maximum Gasteiger partial charge on any atom is 0.337 e. The van der Waals surface area contributed by atoms with E-state index in [1.54, 1.807) is 30.3 Å². The summed E-state index contributed by atoms with van der Waals surface area (Å²) in [7, 11) is 1.31. The van der Waals surface area contributed by atoms with Crippen LogP contribution in [0.5, 0.6) is 0 Å². The van der Waals surface area contributed by atoms with Crippen molar-refractivity contribution in [3.63, 3.8) is 0 Å². The highest BCUT2D eigenvalue weighted by molar-refractivity contribution is 7.18. The highest BCUT2D eigenvalue weighted by Crippen LogP contribution is 2.29. The van der Waals surface area contributed by atoms with Gasteiger partial charge in [0.15, 0.2) is 0 Å². The normalized spacial score (nSPS) is 11.0. The van der Waals surface area contributed by atoms with E-state index < -0.39 is 11.4 Å². The van der Waals surface area contributed by atoms with Crippen molar-refractivity contribution in [1.82, 2.24) is 0 Å². The first-order valence-corrected chi connectivity index (χ1v) is 8.85. The third-order valence-electron chi connectivity index (χ3n) is 3.61. The number of hydrogen-bond donors (Lipinski definition) is 2. The van der Waals surface area contributed by atoms with Crippen molar-refractivity contribution in [1.29, 1.82) is 0 Å². The quantitative estimate of drug-likeness (QED) is 0.790. The lowest BCUT2D eigenvalue weighted by Crippen LogP contribution is -2.27. The molecular formula is C19H22N2O4S. The molecule has 0 atom stereocenters. The predicted molar refractivity (Wildman–Crippen MR) is 103 cm³/mol. The molecule has 1 aromatic carbocycles. The molecule has 0 aliphatic rings. The van der Waals surface area contributed by atoms with Crippen LogP contribution < -0.4 is 10.6 Å². The van der Waals surface area contributed by atoms with Gasteiger partial charge in [0.05, 0.1) is 22.6 Å². The Kier molecular flexibility index (Phi) is 5.82. The molecule has 0 aliphatic heterocycles. The second kappa shape index (κ2) is 7.70. The van der Waals surface area contributed by atoms with Crippen LogP contribution in [0.15, 0.2) is 30.3 Å². The molecule has 0 spiro atoms. The van der Waals surface area contributed by atoms with Gasteiger partial charge in [-0.05, 0) is 42.8 Å². The van der Waals surface area contributed by atoms with Gasteiger partial charge in [-0.15, -0.1) is 11.3 Å². The summed E-state index contributed by atoms with van der Waals surface area (Å²) < 4.78 is 4.64. The largest absolute Gasteiger partial charge is 0.465 e. The summed E-state index contributed by atoms with van der Waals surface area (Å²) >= 11 is 1.22. The summed E-state index contributed by atoms with van der Waals surface area (Å²) in [6.07, 6.45) is 0. The zero-order chi connectivity index (χ0) is 19.5. The number of aryl methyl sites for hydroxylation is 1. The minimum absolute atomic E-state index is 0.107. The molecule has 0 saturated heterocycles. The Bertz CT molecular complexity index is 832. The van der Waals surface area contributed by atoms with Gasteiger partial charge in [0, 0.05) is 11.1 Å². The van der Waals surface area contributed by atoms with E-state index in [4.69, 9.17) is 0 Å². The molecular weight excluding hydrogens is 352 g/mol. The average Bonchev–Trinajstić information content (AvgIpc) is 2.94. The smallest absolute Gasteiger partial charge is 0.337 e. The monoisotopic (exact) mass is 374 g/mol. The molecule has 0 radical (unpaired) electrons. The second-order valence-electron chi connectivity index (χ2n) is 6.85. The van der Waals surface area contributed by atoms with Gasteiger partial charge in [-0.1, -0.05) is 20.8 Å². The van der Waals surface area contributed by atoms with Gasteiger partial charge >= 0.3 is 5.97 Å². The van der Waals surface area contributed by atoms with Crippen molar-refractivity contribution in [2.75, 3.05) is 17.7 Å². The summed E-state index contributed by atoms with van der Waals surface area (Å²) in [4.78, 5) is 36.5. The molecule has 0 unspecified atom stereocenters. The first kappa shape index (κ1) is 19.7. The van der Waals surface area contributed by atoms with E-state index in [9.17, 15) is 14.4 Å². The van der Waals surface area contributed by atoms with Crippen LogP contribution in [0.1, 0.15) is 46.4 Å². The topological polar surface area (TPSA) is 84.5 Å². The molecule has 7 heteroatoms. The third-order valence-corrected chi connectivity index (χ3v) is 4.76. The summed E-state index contributed by atoms with van der Waals surface area (Å²) in [6, 6.07) is 8.21. The Morgan fingerprint density at radius 1 is 1.04 bits per heavy atom. The summed E-state index contributed by atoms with van der Waals surface area (Å²) in [6.45, 7) is 7.30. The van der Waals surface area contributed by atoms with Gasteiger partial charge in [0.25, 0.3) is 5.91 Å². The SMILES string of the molecule is COC(=O)c1ccc(NC(=O)c2sc(NC(=O)C(C)(C)C)cc2C)cc1. The summed E-state index contributed by atoms with van der Waals surface area (Å²) in [5.74, 6) is -0.810. The standard InChI is InChI=1S/C19H22N2O4S/c1-11-10-14(21-18(24)19(2,3)4)26-15(11)16(22)20-13-8-6-12(7-9-13)17(23)25-5/h6-10H,1-5H3,(H,20,22)(H,21,24). The van der Waals surface area contributed by atoms with E-state index in [1.807, 2.05) is 27.7 Å². The van der Waals surface area contributed by atoms with E-state index in [0.717, 1.165) is 5.56 Å². The number of esters is 1. The van der Waals surface area contributed by atoms with Crippen LogP contribution >= 0.6 is 11.3 Å². The lowest BCUT2D eigenvalue weighted by Gasteiger charge is -2.16. The van der Waals surface area contributed by atoms with Crippen molar-refractivity contribution < 1.29 is 19.1 Å². The van der Waals surface area contributed by atoms with Crippen molar-refractivity contribution in [2.45, 2.75) is 27.7 Å². The molecule has 26 heavy (non-hydrogen) atoms. The fourth-order valence-corrected chi connectivity index (χ4v) is 3.03. The molecule has 2 rings (SSSR count). The highest BCUT2D eigenvalue weighted by atomic mass is 32.1. The van der Waals surface area contributed by atoms with Crippen LogP contribution in [0.4, 0.5) is 10.7 Å². The van der Waals surface area contributed by atoms with Gasteiger partial charge in [0.1, 0.15) is 0 Å². The minimum Gasteiger partial charge on any atom is -0.465 e. The number of carbonyl (C=O) groups excluding carboxylic acids is 3. The molecule has 0 aliphatic carbocycles. The Morgan fingerprint density at radius 2 is 1.65 bits per heavy atom. The zero-order valence-electron chi connectivity index (χ0n) is 15.4. The number of methoxy groups -OCH3 is 1. The van der Waals surface area contributed by atoms with Crippen molar-refractivity contribution in [2.24, 2.45) is 5.41 Å². The number of benzene rings is 1. The van der Waals surface area contributed by atoms with E-state index >= 15 is 0 Å². The lowest BCUT2D eigenvalue weighted by molar-refractivity contribution is -0.123. The number of rotatable bonds is 4. The number of ether oxygens (including phenoxy) is 1. The molecule has 2 amide bonds. The number of nitrogens with one attached hydrogen (secondary N) is 2. The Balaban J connectivity index is 2.10. The molecule has 138 valence electrons. The summed E-state index contributed by atoms with van der Waals surface area (Å²) in [5.41, 5.74) is 1.24. The second-order valence-corrected chi connectivity index (χ2v) is 7.90.